The Morgan fingerprint density at radius 1 is 1.22 bits per heavy atom. The van der Waals surface area contributed by atoms with E-state index in [1.165, 1.54) is 12.7 Å². The van der Waals surface area contributed by atoms with E-state index in [0.29, 0.717) is 18.2 Å². The van der Waals surface area contributed by atoms with Crippen LogP contribution in [-0.4, -0.2) is 40.8 Å². The van der Waals surface area contributed by atoms with E-state index in [0.717, 1.165) is 55.3 Å². The summed E-state index contributed by atoms with van der Waals surface area (Å²) in [4.78, 5) is 20.4. The summed E-state index contributed by atoms with van der Waals surface area (Å²) in [6.07, 6.45) is 11.1. The Labute approximate surface area is 191 Å². The van der Waals surface area contributed by atoms with Crippen molar-refractivity contribution >= 4 is 27.4 Å². The average Bonchev–Trinajstić information content (AvgIpc) is 3.24. The number of hydrogen-bond acceptors (Lipinski definition) is 5. The van der Waals surface area contributed by atoms with Crippen LogP contribution in [0.1, 0.15) is 82.1 Å². The van der Waals surface area contributed by atoms with E-state index >= 15 is 0 Å². The lowest BCUT2D eigenvalue weighted by Crippen LogP contribution is -2.44. The van der Waals surface area contributed by atoms with Crippen molar-refractivity contribution in [3.8, 4) is 0 Å². The van der Waals surface area contributed by atoms with Crippen molar-refractivity contribution in [1.82, 2.24) is 13.9 Å². The lowest BCUT2D eigenvalue weighted by Gasteiger charge is -2.36. The zero-order chi connectivity index (χ0) is 22.7. The van der Waals surface area contributed by atoms with Crippen molar-refractivity contribution in [1.29, 1.82) is 0 Å². The number of para-hydroxylation sites is 1. The van der Waals surface area contributed by atoms with Gasteiger partial charge in [0, 0.05) is 12.6 Å². The van der Waals surface area contributed by atoms with E-state index in [9.17, 15) is 13.2 Å². The number of carbonyl (C=O) groups is 1. The molecular weight excluding hydrogens is 424 g/mol. The molecule has 1 amide bonds. The molecule has 0 bridgehead atoms. The fourth-order valence-electron chi connectivity index (χ4n) is 4.94. The lowest BCUT2D eigenvalue weighted by molar-refractivity contribution is 0.0579. The van der Waals surface area contributed by atoms with Gasteiger partial charge in [-0.1, -0.05) is 64.5 Å². The largest absolute Gasteiger partial charge is 0.338 e. The Balaban J connectivity index is 1.67. The molecule has 8 heteroatoms. The molecule has 2 heterocycles. The van der Waals surface area contributed by atoms with Gasteiger partial charge in [0.05, 0.1) is 5.69 Å². The first kappa shape index (κ1) is 22.8. The first-order valence-corrected chi connectivity index (χ1v) is 13.4. The summed E-state index contributed by atoms with van der Waals surface area (Å²) >= 11 is 0. The highest BCUT2D eigenvalue weighted by atomic mass is 32.2. The predicted octanol–water partition coefficient (Wildman–Crippen LogP) is 5.17. The minimum Gasteiger partial charge on any atom is -0.338 e. The maximum absolute atomic E-state index is 13.8. The third-order valence-corrected chi connectivity index (χ3v) is 8.60. The summed E-state index contributed by atoms with van der Waals surface area (Å²) in [5.41, 5.74) is 0.673. The number of nitrogens with zero attached hydrogens (tertiary/aromatic N) is 3. The maximum Gasteiger partial charge on any atom is 0.276 e. The molecule has 1 aromatic heterocycles. The van der Waals surface area contributed by atoms with Crippen molar-refractivity contribution < 1.29 is 13.2 Å². The van der Waals surface area contributed by atoms with Crippen molar-refractivity contribution in [3.05, 3.63) is 36.3 Å². The Hall–Kier alpha value is -2.35. The minimum atomic E-state index is -3.78. The first-order chi connectivity index (χ1) is 15.5. The molecule has 4 rings (SSSR count). The normalized spacial score (nSPS) is 18.3. The van der Waals surface area contributed by atoms with E-state index in [1.807, 2.05) is 4.90 Å². The molecular formula is C24H34N4O3S. The SMILES string of the molecule is CCCCC(CC)CN(C(=O)c1ncn2c1Nc1ccccc1S2(=O)=O)C1CCCCC1. The van der Waals surface area contributed by atoms with Gasteiger partial charge in [0.2, 0.25) is 0 Å². The fraction of sp³-hybridized carbons (Fsp3) is 0.583. The fourth-order valence-corrected chi connectivity index (χ4v) is 6.34. The van der Waals surface area contributed by atoms with Gasteiger partial charge in [-0.2, -0.15) is 0 Å². The molecule has 2 aliphatic rings. The van der Waals surface area contributed by atoms with Crippen LogP contribution in [0.4, 0.5) is 11.5 Å². The van der Waals surface area contributed by atoms with Gasteiger partial charge in [-0.15, -0.1) is 0 Å². The monoisotopic (exact) mass is 458 g/mol. The summed E-state index contributed by atoms with van der Waals surface area (Å²) in [6.45, 7) is 5.08. The molecule has 1 aliphatic carbocycles. The second kappa shape index (κ2) is 9.65. The molecule has 1 aromatic carbocycles. The number of benzene rings is 1. The van der Waals surface area contributed by atoms with Crippen molar-refractivity contribution in [2.75, 3.05) is 11.9 Å². The van der Waals surface area contributed by atoms with Crippen LogP contribution in [0.15, 0.2) is 35.5 Å². The number of rotatable bonds is 8. The standard InChI is InChI=1S/C24H34N4O3S/c1-3-5-11-18(4-2)16-27(19-12-7-6-8-13-19)24(29)22-23-26-20-14-9-10-15-21(20)32(30,31)28(23)17-25-22/h9-10,14-15,17-19,26H,3-8,11-13,16H2,1-2H3. The molecule has 0 spiro atoms. The number of unbranched alkanes of at least 4 members (excludes halogenated alkanes) is 1. The van der Waals surface area contributed by atoms with E-state index in [2.05, 4.69) is 24.1 Å². The number of anilines is 2. The number of carbonyl (C=O) groups excluding carboxylic acids is 1. The summed E-state index contributed by atoms with van der Waals surface area (Å²) in [5.74, 6) is 0.524. The van der Waals surface area contributed by atoms with Crippen LogP contribution in [0.3, 0.4) is 0 Å². The van der Waals surface area contributed by atoms with Crippen LogP contribution in [0.5, 0.6) is 0 Å². The maximum atomic E-state index is 13.8. The highest BCUT2D eigenvalue weighted by Crippen LogP contribution is 2.36. The Kier molecular flexibility index (Phi) is 6.88. The van der Waals surface area contributed by atoms with Gasteiger partial charge in [0.15, 0.2) is 11.5 Å². The van der Waals surface area contributed by atoms with Crippen LogP contribution >= 0.6 is 0 Å². The predicted molar refractivity (Wildman–Crippen MR) is 126 cm³/mol. The lowest BCUT2D eigenvalue weighted by atomic mass is 9.91. The number of amides is 1. The van der Waals surface area contributed by atoms with Gasteiger partial charge < -0.3 is 10.2 Å². The topological polar surface area (TPSA) is 84.3 Å². The molecule has 32 heavy (non-hydrogen) atoms. The number of imidazole rings is 1. The Morgan fingerprint density at radius 3 is 2.69 bits per heavy atom. The molecule has 2 aromatic rings. The van der Waals surface area contributed by atoms with Crippen LogP contribution in [0.2, 0.25) is 0 Å². The summed E-state index contributed by atoms with van der Waals surface area (Å²) in [6, 6.07) is 6.95. The van der Waals surface area contributed by atoms with Crippen LogP contribution in [0.25, 0.3) is 0 Å². The average molecular weight is 459 g/mol. The highest BCUT2D eigenvalue weighted by Gasteiger charge is 2.36. The molecule has 1 fully saturated rings. The van der Waals surface area contributed by atoms with E-state index in [1.54, 1.807) is 24.3 Å². The second-order valence-corrected chi connectivity index (χ2v) is 10.8. The van der Waals surface area contributed by atoms with Gasteiger partial charge in [0.1, 0.15) is 11.2 Å². The molecule has 1 N–H and O–H groups in total. The molecule has 7 nitrogen and oxygen atoms in total. The summed E-state index contributed by atoms with van der Waals surface area (Å²) in [7, 11) is -3.78. The number of fused-ring (bicyclic) bond motifs is 2. The molecule has 1 aliphatic heterocycles. The highest BCUT2D eigenvalue weighted by molar-refractivity contribution is 7.90. The Morgan fingerprint density at radius 2 is 1.97 bits per heavy atom. The molecule has 1 saturated carbocycles. The third-order valence-electron chi connectivity index (χ3n) is 6.89. The van der Waals surface area contributed by atoms with Crippen molar-refractivity contribution in [3.63, 3.8) is 0 Å². The number of nitrogens with one attached hydrogen (secondary N) is 1. The van der Waals surface area contributed by atoms with E-state index in [4.69, 9.17) is 0 Å². The molecule has 0 radical (unpaired) electrons. The van der Waals surface area contributed by atoms with E-state index < -0.39 is 10.0 Å². The molecule has 1 unspecified atom stereocenters. The minimum absolute atomic E-state index is 0.164. The Bertz CT molecular complexity index is 1060. The number of aromatic nitrogens is 2. The zero-order valence-electron chi connectivity index (χ0n) is 19.1. The van der Waals surface area contributed by atoms with Gasteiger partial charge in [-0.25, -0.2) is 17.4 Å². The van der Waals surface area contributed by atoms with Crippen LogP contribution < -0.4 is 5.32 Å². The third kappa shape index (κ3) is 4.29. The first-order valence-electron chi connectivity index (χ1n) is 12.0. The van der Waals surface area contributed by atoms with Gasteiger partial charge >= 0.3 is 0 Å². The zero-order valence-corrected chi connectivity index (χ0v) is 19.9. The van der Waals surface area contributed by atoms with Crippen LogP contribution in [0, 0.1) is 5.92 Å². The summed E-state index contributed by atoms with van der Waals surface area (Å²) in [5, 5.41) is 3.16. The van der Waals surface area contributed by atoms with Gasteiger partial charge in [-0.3, -0.25) is 4.79 Å². The van der Waals surface area contributed by atoms with Gasteiger partial charge in [0.25, 0.3) is 15.9 Å². The van der Waals surface area contributed by atoms with Gasteiger partial charge in [-0.05, 0) is 37.3 Å². The summed E-state index contributed by atoms with van der Waals surface area (Å²) < 4.78 is 27.3. The quantitative estimate of drug-likeness (QED) is 0.503. The number of hydrogen-bond donors (Lipinski definition) is 1. The van der Waals surface area contributed by atoms with E-state index in [-0.39, 0.29) is 28.4 Å². The van der Waals surface area contributed by atoms with Crippen molar-refractivity contribution in [2.45, 2.75) is 82.6 Å². The van der Waals surface area contributed by atoms with Crippen LogP contribution in [-0.2, 0) is 10.0 Å². The van der Waals surface area contributed by atoms with Crippen molar-refractivity contribution in [2.24, 2.45) is 5.92 Å². The molecule has 0 saturated heterocycles. The second-order valence-electron chi connectivity index (χ2n) is 9.03. The smallest absolute Gasteiger partial charge is 0.276 e. The molecule has 1 atom stereocenters. The molecule has 174 valence electrons.